The molecule has 0 saturated carbocycles. The summed E-state index contributed by atoms with van der Waals surface area (Å²) in [5.74, 6) is 1.33. The van der Waals surface area contributed by atoms with Gasteiger partial charge in [0.05, 0.1) is 6.61 Å². The van der Waals surface area contributed by atoms with E-state index in [0.717, 1.165) is 36.4 Å². The van der Waals surface area contributed by atoms with Crippen LogP contribution in [0.2, 0.25) is 0 Å². The Morgan fingerprint density at radius 2 is 2.04 bits per heavy atom. The van der Waals surface area contributed by atoms with Crippen molar-refractivity contribution < 1.29 is 9.13 Å². The van der Waals surface area contributed by atoms with Crippen molar-refractivity contribution in [3.05, 3.63) is 47.1 Å². The van der Waals surface area contributed by atoms with Crippen molar-refractivity contribution in [1.29, 1.82) is 0 Å². The van der Waals surface area contributed by atoms with Gasteiger partial charge in [-0.3, -0.25) is 0 Å². The van der Waals surface area contributed by atoms with Crippen LogP contribution in [0.5, 0.6) is 5.75 Å². The molecule has 0 aliphatic carbocycles. The summed E-state index contributed by atoms with van der Waals surface area (Å²) in [5.41, 5.74) is 0. The average molecular weight is 333 g/mol. The van der Waals surface area contributed by atoms with Gasteiger partial charge in [0.25, 0.3) is 0 Å². The van der Waals surface area contributed by atoms with Gasteiger partial charge in [-0.1, -0.05) is 24.4 Å². The van der Waals surface area contributed by atoms with Crippen molar-refractivity contribution in [2.75, 3.05) is 24.6 Å². The summed E-state index contributed by atoms with van der Waals surface area (Å²) in [4.78, 5) is 6.64. The third-order valence-electron chi connectivity index (χ3n) is 4.22. The number of rotatable bonds is 4. The lowest BCUT2D eigenvalue weighted by Crippen LogP contribution is -2.36. The van der Waals surface area contributed by atoms with E-state index >= 15 is 0 Å². The predicted octanol–water partition coefficient (Wildman–Crippen LogP) is 3.58. The molecule has 1 aliphatic heterocycles. The lowest BCUT2D eigenvalue weighted by Gasteiger charge is -2.32. The second kappa shape index (κ2) is 7.08. The van der Waals surface area contributed by atoms with Crippen LogP contribution in [0.15, 0.2) is 36.7 Å². The molecule has 0 amide bonds. The Morgan fingerprint density at radius 1 is 1.30 bits per heavy atom. The smallest absolute Gasteiger partial charge is 0.165 e. The number of nitrogens with zero attached hydrogens (tertiary/aromatic N) is 3. The zero-order chi connectivity index (χ0) is 16.2. The maximum absolute atomic E-state index is 13.6. The number of ether oxygens (including phenoxy) is 1. The highest BCUT2D eigenvalue weighted by Gasteiger charge is 2.22. The van der Waals surface area contributed by atoms with E-state index < -0.39 is 0 Å². The van der Waals surface area contributed by atoms with E-state index in [4.69, 9.17) is 17.0 Å². The van der Waals surface area contributed by atoms with Crippen LogP contribution >= 0.6 is 12.2 Å². The number of piperidine rings is 1. The van der Waals surface area contributed by atoms with Crippen molar-refractivity contribution in [1.82, 2.24) is 9.55 Å². The number of anilines is 1. The van der Waals surface area contributed by atoms with Crippen molar-refractivity contribution >= 4 is 18.0 Å². The molecule has 2 heterocycles. The highest BCUT2D eigenvalue weighted by Crippen LogP contribution is 2.24. The molecule has 2 aromatic rings. The largest absolute Gasteiger partial charge is 0.490 e. The van der Waals surface area contributed by atoms with E-state index in [1.54, 1.807) is 24.4 Å². The Morgan fingerprint density at radius 3 is 2.78 bits per heavy atom. The molecule has 1 aromatic carbocycles. The molecule has 0 radical (unpaired) electrons. The fourth-order valence-electron chi connectivity index (χ4n) is 2.78. The van der Waals surface area contributed by atoms with E-state index in [2.05, 4.69) is 9.88 Å². The summed E-state index contributed by atoms with van der Waals surface area (Å²) in [5, 5.41) is 0. The molecule has 0 N–H and O–H groups in total. The van der Waals surface area contributed by atoms with Gasteiger partial charge >= 0.3 is 0 Å². The van der Waals surface area contributed by atoms with Gasteiger partial charge in [0.1, 0.15) is 4.64 Å². The van der Waals surface area contributed by atoms with E-state index in [9.17, 15) is 4.39 Å². The van der Waals surface area contributed by atoms with Crippen LogP contribution in [-0.4, -0.2) is 29.2 Å². The van der Waals surface area contributed by atoms with Crippen LogP contribution < -0.4 is 9.64 Å². The topological polar surface area (TPSA) is 30.3 Å². The highest BCUT2D eigenvalue weighted by molar-refractivity contribution is 7.71. The molecular formula is C17H20FN3OS. The van der Waals surface area contributed by atoms with Gasteiger partial charge in [0.15, 0.2) is 17.4 Å². The summed E-state index contributed by atoms with van der Waals surface area (Å²) in [7, 11) is 1.93. The predicted molar refractivity (Wildman–Crippen MR) is 90.9 cm³/mol. The number of halogens is 1. The number of aryl methyl sites for hydroxylation is 1. The van der Waals surface area contributed by atoms with Crippen molar-refractivity contribution in [2.24, 2.45) is 13.0 Å². The van der Waals surface area contributed by atoms with Crippen molar-refractivity contribution in [2.45, 2.75) is 12.8 Å². The average Bonchev–Trinajstić information content (AvgIpc) is 2.57. The minimum atomic E-state index is -0.304. The summed E-state index contributed by atoms with van der Waals surface area (Å²) >= 11 is 5.43. The van der Waals surface area contributed by atoms with Gasteiger partial charge in [-0.15, -0.1) is 0 Å². The number of benzene rings is 1. The van der Waals surface area contributed by atoms with E-state index in [-0.39, 0.29) is 5.82 Å². The van der Waals surface area contributed by atoms with Crippen LogP contribution in [0.25, 0.3) is 0 Å². The zero-order valence-electron chi connectivity index (χ0n) is 13.1. The van der Waals surface area contributed by atoms with Gasteiger partial charge in [0.2, 0.25) is 0 Å². The number of para-hydroxylation sites is 1. The number of hydrogen-bond acceptors (Lipinski definition) is 4. The minimum Gasteiger partial charge on any atom is -0.490 e. The molecule has 23 heavy (non-hydrogen) atoms. The highest BCUT2D eigenvalue weighted by atomic mass is 32.1. The van der Waals surface area contributed by atoms with Gasteiger partial charge < -0.3 is 14.2 Å². The molecule has 6 heteroatoms. The SMILES string of the molecule is Cn1ccnc(N2CCC(COc3ccccc3F)CC2)c1=S. The molecule has 1 aromatic heterocycles. The molecule has 1 fully saturated rings. The second-order valence-corrected chi connectivity index (χ2v) is 6.23. The van der Waals surface area contributed by atoms with Crippen LogP contribution in [0.4, 0.5) is 10.2 Å². The maximum atomic E-state index is 13.6. The van der Waals surface area contributed by atoms with Gasteiger partial charge in [-0.2, -0.15) is 0 Å². The molecule has 0 bridgehead atoms. The molecule has 0 unspecified atom stereocenters. The lowest BCUT2D eigenvalue weighted by atomic mass is 9.98. The Balaban J connectivity index is 1.55. The molecule has 3 rings (SSSR count). The Hall–Kier alpha value is -1.95. The third-order valence-corrected chi connectivity index (χ3v) is 4.69. The van der Waals surface area contributed by atoms with Gasteiger partial charge in [-0.25, -0.2) is 9.37 Å². The summed E-state index contributed by atoms with van der Waals surface area (Å²) in [6.45, 7) is 2.34. The first kappa shape index (κ1) is 15.9. The molecular weight excluding hydrogens is 313 g/mol. The van der Waals surface area contributed by atoms with Crippen LogP contribution in [-0.2, 0) is 7.05 Å². The Labute approximate surface area is 140 Å². The molecule has 1 saturated heterocycles. The molecule has 0 atom stereocenters. The first-order valence-corrected chi connectivity index (χ1v) is 8.20. The summed E-state index contributed by atoms with van der Waals surface area (Å²) in [6, 6.07) is 6.54. The normalized spacial score (nSPS) is 15.7. The number of aromatic nitrogens is 2. The summed E-state index contributed by atoms with van der Waals surface area (Å²) in [6.07, 6.45) is 5.62. The molecule has 0 spiro atoms. The maximum Gasteiger partial charge on any atom is 0.165 e. The van der Waals surface area contributed by atoms with Crippen LogP contribution in [0.3, 0.4) is 0 Å². The van der Waals surface area contributed by atoms with Gasteiger partial charge in [0, 0.05) is 32.5 Å². The number of hydrogen-bond donors (Lipinski definition) is 0. The van der Waals surface area contributed by atoms with Crippen LogP contribution in [0, 0.1) is 16.4 Å². The molecule has 4 nitrogen and oxygen atoms in total. The molecule has 122 valence electrons. The standard InChI is InChI=1S/C17H20FN3OS/c1-20-11-8-19-16(17(20)23)21-9-6-13(7-10-21)12-22-15-5-3-2-4-14(15)18/h2-5,8,11,13H,6-7,9-10,12H2,1H3. The van der Waals surface area contributed by atoms with E-state index in [1.165, 1.54) is 6.07 Å². The first-order chi connectivity index (χ1) is 11.1. The fraction of sp³-hybridized carbons (Fsp3) is 0.412. The Kier molecular flexibility index (Phi) is 4.91. The molecule has 1 aliphatic rings. The van der Waals surface area contributed by atoms with E-state index in [1.807, 2.05) is 17.8 Å². The van der Waals surface area contributed by atoms with Crippen LogP contribution in [0.1, 0.15) is 12.8 Å². The monoisotopic (exact) mass is 333 g/mol. The van der Waals surface area contributed by atoms with E-state index in [0.29, 0.717) is 18.3 Å². The lowest BCUT2D eigenvalue weighted by molar-refractivity contribution is 0.215. The van der Waals surface area contributed by atoms with Crippen molar-refractivity contribution in [3.63, 3.8) is 0 Å². The second-order valence-electron chi connectivity index (χ2n) is 5.84. The Bertz CT molecular complexity index is 726. The van der Waals surface area contributed by atoms with Gasteiger partial charge in [-0.05, 0) is 30.9 Å². The van der Waals surface area contributed by atoms with Crippen molar-refractivity contribution in [3.8, 4) is 5.75 Å². The minimum absolute atomic E-state index is 0.304. The first-order valence-electron chi connectivity index (χ1n) is 7.79. The fourth-order valence-corrected chi connectivity index (χ4v) is 3.03. The zero-order valence-corrected chi connectivity index (χ0v) is 13.9. The third kappa shape index (κ3) is 3.69. The quantitative estimate of drug-likeness (QED) is 0.800. The summed E-state index contributed by atoms with van der Waals surface area (Å²) < 4.78 is 21.8.